The van der Waals surface area contributed by atoms with Gasteiger partial charge in [-0.05, 0) is 47.1 Å². The monoisotopic (exact) mass is 392 g/mol. The second-order valence-corrected chi connectivity index (χ2v) is 6.07. The molecule has 0 atom stereocenters. The fraction of sp³-hybridized carbons (Fsp3) is 0.0714. The summed E-state index contributed by atoms with van der Waals surface area (Å²) in [5.74, 6) is 0.890. The van der Waals surface area contributed by atoms with Crippen LogP contribution < -0.4 is 4.74 Å². The van der Waals surface area contributed by atoms with Crippen molar-refractivity contribution >= 4 is 56.5 Å². The zero-order valence-corrected chi connectivity index (χ0v) is 14.1. The Hall–Kier alpha value is -0.740. The summed E-state index contributed by atoms with van der Waals surface area (Å²) in [5, 5.41) is 1.06. The molecule has 2 aromatic rings. The molecule has 2 rings (SSSR count). The van der Waals surface area contributed by atoms with E-state index in [0.717, 1.165) is 0 Å². The summed E-state index contributed by atoms with van der Waals surface area (Å²) >= 11 is 21.1. The van der Waals surface area contributed by atoms with E-state index in [-0.39, 0.29) is 5.78 Å². The van der Waals surface area contributed by atoms with Crippen LogP contribution in [0.4, 0.5) is 0 Å². The average Bonchev–Trinajstić information content (AvgIpc) is 2.35. The first-order valence-electron chi connectivity index (χ1n) is 5.51. The second-order valence-electron chi connectivity index (χ2n) is 4.00. The maximum Gasteiger partial charge on any atom is 0.160 e. The summed E-state index contributed by atoms with van der Waals surface area (Å²) in [6.45, 7) is 1.50. The summed E-state index contributed by atoms with van der Waals surface area (Å²) < 4.78 is 6.30. The zero-order valence-electron chi connectivity index (χ0n) is 10.2. The quantitative estimate of drug-likeness (QED) is 0.444. The van der Waals surface area contributed by atoms with Crippen molar-refractivity contribution in [2.75, 3.05) is 0 Å². The molecule has 104 valence electrons. The summed E-state index contributed by atoms with van der Waals surface area (Å²) in [6, 6.07) is 8.10. The average molecular weight is 394 g/mol. The Labute approximate surface area is 139 Å². The highest BCUT2D eigenvalue weighted by Crippen LogP contribution is 2.37. The molecule has 0 aliphatic carbocycles. The van der Waals surface area contributed by atoms with Crippen molar-refractivity contribution in [3.8, 4) is 11.5 Å². The first-order valence-corrected chi connectivity index (χ1v) is 7.44. The number of Topliss-reactive ketones (excluding diaryl/α,β-unsaturated/α-hetero) is 1. The maximum atomic E-state index is 11.3. The van der Waals surface area contributed by atoms with Crippen LogP contribution >= 0.6 is 50.7 Å². The molecule has 0 N–H and O–H groups in total. The third-order valence-corrected chi connectivity index (χ3v) is 4.20. The van der Waals surface area contributed by atoms with Crippen LogP contribution in [-0.4, -0.2) is 5.78 Å². The van der Waals surface area contributed by atoms with E-state index in [2.05, 4.69) is 15.9 Å². The van der Waals surface area contributed by atoms with Gasteiger partial charge in [-0.1, -0.05) is 34.8 Å². The van der Waals surface area contributed by atoms with Crippen LogP contribution in [0.1, 0.15) is 17.3 Å². The van der Waals surface area contributed by atoms with E-state index in [9.17, 15) is 4.79 Å². The van der Waals surface area contributed by atoms with Crippen LogP contribution in [0.2, 0.25) is 15.1 Å². The highest BCUT2D eigenvalue weighted by atomic mass is 79.9. The number of benzene rings is 2. The van der Waals surface area contributed by atoms with E-state index in [1.165, 1.54) is 13.0 Å². The van der Waals surface area contributed by atoms with Gasteiger partial charge >= 0.3 is 0 Å². The minimum atomic E-state index is -0.0315. The number of hydrogen-bond donors (Lipinski definition) is 0. The molecule has 0 aromatic heterocycles. The molecule has 0 bridgehead atoms. The number of carbonyl (C=O) groups is 1. The number of ether oxygens (including phenoxy) is 1. The smallest absolute Gasteiger partial charge is 0.160 e. The van der Waals surface area contributed by atoms with Crippen molar-refractivity contribution < 1.29 is 9.53 Å². The van der Waals surface area contributed by atoms with E-state index in [1.807, 2.05) is 0 Å². The summed E-state index contributed by atoms with van der Waals surface area (Å²) in [4.78, 5) is 11.3. The molecule has 0 spiro atoms. The molecule has 0 aliphatic heterocycles. The lowest BCUT2D eigenvalue weighted by atomic mass is 10.1. The van der Waals surface area contributed by atoms with Crippen molar-refractivity contribution in [3.63, 3.8) is 0 Å². The van der Waals surface area contributed by atoms with Crippen LogP contribution in [0.25, 0.3) is 0 Å². The first-order chi connectivity index (χ1) is 9.38. The lowest BCUT2D eigenvalue weighted by Crippen LogP contribution is -1.94. The van der Waals surface area contributed by atoms with E-state index < -0.39 is 0 Å². The predicted octanol–water partition coefficient (Wildman–Crippen LogP) is 6.40. The second kappa shape index (κ2) is 6.35. The van der Waals surface area contributed by atoms with Gasteiger partial charge < -0.3 is 4.74 Å². The Bertz CT molecular complexity index is 686. The Kier molecular flexibility index (Phi) is 4.97. The minimum Gasteiger partial charge on any atom is -0.456 e. The molecule has 6 heteroatoms. The van der Waals surface area contributed by atoms with Gasteiger partial charge in [-0.3, -0.25) is 4.79 Å². The van der Waals surface area contributed by atoms with Gasteiger partial charge in [-0.25, -0.2) is 0 Å². The lowest BCUT2D eigenvalue weighted by molar-refractivity contribution is 0.101. The molecule has 0 radical (unpaired) electrons. The molecule has 0 saturated heterocycles. The highest BCUT2D eigenvalue weighted by Gasteiger charge is 2.10. The Morgan fingerprint density at radius 3 is 2.30 bits per heavy atom. The number of ketones is 1. The van der Waals surface area contributed by atoms with Gasteiger partial charge in [0.25, 0.3) is 0 Å². The topological polar surface area (TPSA) is 26.3 Å². The molecule has 2 nitrogen and oxygen atoms in total. The molecule has 20 heavy (non-hydrogen) atoms. The highest BCUT2D eigenvalue weighted by molar-refractivity contribution is 9.10. The van der Waals surface area contributed by atoms with E-state index in [0.29, 0.717) is 36.6 Å². The molecule has 0 aliphatic rings. The van der Waals surface area contributed by atoms with Gasteiger partial charge in [-0.15, -0.1) is 0 Å². The maximum absolute atomic E-state index is 11.3. The van der Waals surface area contributed by atoms with Crippen molar-refractivity contribution in [2.45, 2.75) is 6.92 Å². The predicted molar refractivity (Wildman–Crippen MR) is 85.7 cm³/mol. The van der Waals surface area contributed by atoms with Crippen LogP contribution in [0.3, 0.4) is 0 Å². The summed E-state index contributed by atoms with van der Waals surface area (Å²) in [7, 11) is 0. The molecular formula is C14H8BrCl3O2. The van der Waals surface area contributed by atoms with Gasteiger partial charge in [0.1, 0.15) is 11.5 Å². The fourth-order valence-corrected chi connectivity index (χ4v) is 2.77. The van der Waals surface area contributed by atoms with Crippen LogP contribution in [-0.2, 0) is 0 Å². The molecule has 0 fully saturated rings. The van der Waals surface area contributed by atoms with Crippen molar-refractivity contribution in [3.05, 3.63) is 55.4 Å². The van der Waals surface area contributed by atoms with E-state index in [1.54, 1.807) is 24.3 Å². The van der Waals surface area contributed by atoms with Crippen molar-refractivity contribution in [2.24, 2.45) is 0 Å². The first kappa shape index (κ1) is 15.6. The molecule has 0 heterocycles. The number of rotatable bonds is 3. The van der Waals surface area contributed by atoms with E-state index >= 15 is 0 Å². The minimum absolute atomic E-state index is 0.0315. The third kappa shape index (κ3) is 3.47. The summed E-state index contributed by atoms with van der Waals surface area (Å²) in [5.41, 5.74) is 0.581. The van der Waals surface area contributed by atoms with Crippen molar-refractivity contribution in [1.82, 2.24) is 0 Å². The Morgan fingerprint density at radius 1 is 1.05 bits per heavy atom. The number of carbonyl (C=O) groups excluding carboxylic acids is 1. The van der Waals surface area contributed by atoms with Gasteiger partial charge in [-0.2, -0.15) is 0 Å². The molecule has 2 aromatic carbocycles. The van der Waals surface area contributed by atoms with Gasteiger partial charge in [0, 0.05) is 16.1 Å². The van der Waals surface area contributed by atoms with Gasteiger partial charge in [0.15, 0.2) is 5.78 Å². The summed E-state index contributed by atoms with van der Waals surface area (Å²) in [6.07, 6.45) is 0. The zero-order chi connectivity index (χ0) is 14.9. The molecular weight excluding hydrogens is 386 g/mol. The SMILES string of the molecule is CC(=O)c1ccc(Oc2cc(Cl)c(Cl)cc2Cl)cc1Br. The van der Waals surface area contributed by atoms with Gasteiger partial charge in [0.2, 0.25) is 0 Å². The molecule has 0 saturated carbocycles. The Morgan fingerprint density at radius 2 is 1.70 bits per heavy atom. The third-order valence-electron chi connectivity index (χ3n) is 2.52. The molecule has 0 amide bonds. The van der Waals surface area contributed by atoms with Crippen LogP contribution in [0.15, 0.2) is 34.8 Å². The number of hydrogen-bond acceptors (Lipinski definition) is 2. The van der Waals surface area contributed by atoms with Gasteiger partial charge in [0.05, 0.1) is 15.1 Å². The van der Waals surface area contributed by atoms with E-state index in [4.69, 9.17) is 39.5 Å². The van der Waals surface area contributed by atoms with Crippen LogP contribution in [0, 0.1) is 0 Å². The number of halogens is 4. The normalized spacial score (nSPS) is 10.4. The van der Waals surface area contributed by atoms with Crippen LogP contribution in [0.5, 0.6) is 11.5 Å². The largest absolute Gasteiger partial charge is 0.456 e. The lowest BCUT2D eigenvalue weighted by Gasteiger charge is -2.10. The fourth-order valence-electron chi connectivity index (χ4n) is 1.55. The standard InChI is InChI=1S/C14H8BrCl3O2/c1-7(19)9-3-2-8(4-10(9)15)20-14-6-12(17)11(16)5-13(14)18/h2-6H,1H3. The Balaban J connectivity index is 2.33. The molecule has 0 unspecified atom stereocenters. The van der Waals surface area contributed by atoms with Crippen molar-refractivity contribution in [1.29, 1.82) is 0 Å².